The van der Waals surface area contributed by atoms with Gasteiger partial charge in [-0.05, 0) is 35.7 Å². The molecule has 0 radical (unpaired) electrons. The quantitative estimate of drug-likeness (QED) is 0.751. The lowest BCUT2D eigenvalue weighted by molar-refractivity contribution is -0.138. The van der Waals surface area contributed by atoms with Crippen LogP contribution in [0.2, 0.25) is 10.0 Å². The van der Waals surface area contributed by atoms with E-state index in [0.29, 0.717) is 16.6 Å². The van der Waals surface area contributed by atoms with E-state index in [0.717, 1.165) is 28.1 Å². The number of thioether (sulfide) groups is 1. The summed E-state index contributed by atoms with van der Waals surface area (Å²) in [7, 11) is 0. The summed E-state index contributed by atoms with van der Waals surface area (Å²) in [6.45, 7) is 2.36. The average Bonchev–Trinajstić information content (AvgIpc) is 2.60. The zero-order valence-corrected chi connectivity index (χ0v) is 16.4. The molecule has 0 saturated carbocycles. The fourth-order valence-corrected chi connectivity index (χ4v) is 4.68. The van der Waals surface area contributed by atoms with Gasteiger partial charge >= 0.3 is 5.97 Å². The average molecular weight is 410 g/mol. The molecule has 0 saturated heterocycles. The minimum absolute atomic E-state index is 0.204. The molecular formula is C19H17Cl2NO3S. The SMILES string of the molecule is CCc1cccc2c1SC(CC(=O)O)C(=O)N2Cc1ccc(Cl)c(Cl)c1. The van der Waals surface area contributed by atoms with Crippen LogP contribution < -0.4 is 4.90 Å². The van der Waals surface area contributed by atoms with Gasteiger partial charge in [0.25, 0.3) is 0 Å². The number of carboxylic acids is 1. The Labute approximate surface area is 166 Å². The summed E-state index contributed by atoms with van der Waals surface area (Å²) in [6.07, 6.45) is 0.601. The van der Waals surface area contributed by atoms with E-state index in [2.05, 4.69) is 0 Å². The minimum Gasteiger partial charge on any atom is -0.481 e. The van der Waals surface area contributed by atoms with Crippen LogP contribution in [0, 0.1) is 0 Å². The molecule has 0 fully saturated rings. The molecule has 3 rings (SSSR count). The largest absolute Gasteiger partial charge is 0.481 e. The predicted molar refractivity (Wildman–Crippen MR) is 105 cm³/mol. The molecule has 0 spiro atoms. The van der Waals surface area contributed by atoms with E-state index in [1.165, 1.54) is 11.8 Å². The molecule has 4 nitrogen and oxygen atoms in total. The van der Waals surface area contributed by atoms with Crippen molar-refractivity contribution in [1.29, 1.82) is 0 Å². The van der Waals surface area contributed by atoms with Crippen molar-refractivity contribution in [2.45, 2.75) is 36.5 Å². The number of aliphatic carboxylic acids is 1. The fourth-order valence-electron chi connectivity index (χ4n) is 2.95. The lowest BCUT2D eigenvalue weighted by atomic mass is 10.1. The van der Waals surface area contributed by atoms with Crippen molar-refractivity contribution in [2.75, 3.05) is 4.90 Å². The van der Waals surface area contributed by atoms with Crippen molar-refractivity contribution in [2.24, 2.45) is 0 Å². The molecule has 2 aromatic rings. The third-order valence-electron chi connectivity index (χ3n) is 4.23. The highest BCUT2D eigenvalue weighted by atomic mass is 35.5. The number of hydrogen-bond donors (Lipinski definition) is 1. The first-order chi connectivity index (χ1) is 12.4. The van der Waals surface area contributed by atoms with E-state index in [1.54, 1.807) is 17.0 Å². The highest BCUT2D eigenvalue weighted by Gasteiger charge is 2.35. The first-order valence-corrected chi connectivity index (χ1v) is 9.80. The molecule has 0 aliphatic carbocycles. The summed E-state index contributed by atoms with van der Waals surface area (Å²) in [4.78, 5) is 26.8. The Morgan fingerprint density at radius 2 is 2.00 bits per heavy atom. The van der Waals surface area contributed by atoms with E-state index in [1.807, 2.05) is 31.2 Å². The van der Waals surface area contributed by atoms with Gasteiger partial charge in [-0.2, -0.15) is 0 Å². The van der Waals surface area contributed by atoms with Crippen molar-refractivity contribution in [3.8, 4) is 0 Å². The van der Waals surface area contributed by atoms with Gasteiger partial charge in [-0.3, -0.25) is 9.59 Å². The molecule has 2 aromatic carbocycles. The molecule has 136 valence electrons. The number of anilines is 1. The van der Waals surface area contributed by atoms with E-state index in [4.69, 9.17) is 23.2 Å². The van der Waals surface area contributed by atoms with Crippen LogP contribution in [0.5, 0.6) is 0 Å². The molecular weight excluding hydrogens is 393 g/mol. The minimum atomic E-state index is -0.984. The Morgan fingerprint density at radius 1 is 1.23 bits per heavy atom. The van der Waals surface area contributed by atoms with Crippen LogP contribution in [-0.4, -0.2) is 22.2 Å². The summed E-state index contributed by atoms with van der Waals surface area (Å²) in [5.74, 6) is -1.19. The molecule has 1 unspecified atom stereocenters. The second-order valence-corrected chi connectivity index (χ2v) is 8.02. The van der Waals surface area contributed by atoms with Gasteiger partial charge < -0.3 is 10.0 Å². The molecule has 1 aliphatic rings. The molecule has 1 amide bonds. The van der Waals surface area contributed by atoms with Crippen molar-refractivity contribution in [1.82, 2.24) is 0 Å². The Balaban J connectivity index is 2.02. The van der Waals surface area contributed by atoms with Crippen LogP contribution in [0.1, 0.15) is 24.5 Å². The summed E-state index contributed by atoms with van der Waals surface area (Å²) in [6, 6.07) is 11.1. The lowest BCUT2D eigenvalue weighted by Crippen LogP contribution is -2.41. The molecule has 1 heterocycles. The Morgan fingerprint density at radius 3 is 2.65 bits per heavy atom. The second-order valence-electron chi connectivity index (χ2n) is 6.00. The van der Waals surface area contributed by atoms with Gasteiger partial charge in [0.05, 0.1) is 33.9 Å². The van der Waals surface area contributed by atoms with Gasteiger partial charge in [0.2, 0.25) is 5.91 Å². The summed E-state index contributed by atoms with van der Waals surface area (Å²) >= 11 is 13.4. The normalized spacial score (nSPS) is 16.5. The lowest BCUT2D eigenvalue weighted by Gasteiger charge is -2.34. The smallest absolute Gasteiger partial charge is 0.305 e. The Bertz CT molecular complexity index is 872. The van der Waals surface area contributed by atoms with Crippen LogP contribution in [0.4, 0.5) is 5.69 Å². The second kappa shape index (κ2) is 7.91. The third-order valence-corrected chi connectivity index (χ3v) is 6.33. The molecule has 26 heavy (non-hydrogen) atoms. The maximum Gasteiger partial charge on any atom is 0.305 e. The monoisotopic (exact) mass is 409 g/mol. The Hall–Kier alpha value is -1.69. The standard InChI is InChI=1S/C19H17Cl2NO3S/c1-2-12-4-3-5-15-18(12)26-16(9-17(23)24)19(25)22(15)10-11-6-7-13(20)14(21)8-11/h3-8,16H,2,9-10H2,1H3,(H,23,24). The number of carbonyl (C=O) groups is 2. The van der Waals surface area contributed by atoms with E-state index in [-0.39, 0.29) is 12.3 Å². The maximum absolute atomic E-state index is 13.0. The summed E-state index contributed by atoms with van der Waals surface area (Å²) in [5.41, 5.74) is 2.75. The fraction of sp³-hybridized carbons (Fsp3) is 0.263. The number of nitrogens with zero attached hydrogens (tertiary/aromatic N) is 1. The van der Waals surface area contributed by atoms with E-state index >= 15 is 0 Å². The predicted octanol–water partition coefficient (Wildman–Crippen LogP) is 5.04. The van der Waals surface area contributed by atoms with Gasteiger partial charge in [0, 0.05) is 4.90 Å². The molecule has 0 aromatic heterocycles. The van der Waals surface area contributed by atoms with Gasteiger partial charge in [-0.1, -0.05) is 48.3 Å². The number of carboxylic acid groups (broad SMARTS) is 1. The number of carbonyl (C=O) groups excluding carboxylic acids is 1. The number of fused-ring (bicyclic) bond motifs is 1. The van der Waals surface area contributed by atoms with Crippen molar-refractivity contribution >= 4 is 52.5 Å². The van der Waals surface area contributed by atoms with Crippen molar-refractivity contribution in [3.05, 3.63) is 57.6 Å². The molecule has 7 heteroatoms. The molecule has 1 atom stereocenters. The first-order valence-electron chi connectivity index (χ1n) is 8.16. The highest BCUT2D eigenvalue weighted by molar-refractivity contribution is 8.01. The summed E-state index contributed by atoms with van der Waals surface area (Å²) < 4.78 is 0. The van der Waals surface area contributed by atoms with Gasteiger partial charge in [0.1, 0.15) is 0 Å². The van der Waals surface area contributed by atoms with E-state index in [9.17, 15) is 14.7 Å². The van der Waals surface area contributed by atoms with E-state index < -0.39 is 11.2 Å². The van der Waals surface area contributed by atoms with Crippen molar-refractivity contribution in [3.63, 3.8) is 0 Å². The number of amides is 1. The highest BCUT2D eigenvalue weighted by Crippen LogP contribution is 2.43. The third kappa shape index (κ3) is 3.85. The van der Waals surface area contributed by atoms with Crippen LogP contribution in [0.15, 0.2) is 41.3 Å². The van der Waals surface area contributed by atoms with Crippen LogP contribution in [0.25, 0.3) is 0 Å². The van der Waals surface area contributed by atoms with Crippen LogP contribution >= 0.6 is 35.0 Å². The number of hydrogen-bond acceptors (Lipinski definition) is 3. The maximum atomic E-state index is 13.0. The number of rotatable bonds is 5. The summed E-state index contributed by atoms with van der Waals surface area (Å²) in [5, 5.41) is 9.42. The Kier molecular flexibility index (Phi) is 5.80. The zero-order chi connectivity index (χ0) is 18.8. The van der Waals surface area contributed by atoms with Crippen LogP contribution in [-0.2, 0) is 22.6 Å². The van der Waals surface area contributed by atoms with Gasteiger partial charge in [-0.25, -0.2) is 0 Å². The number of aryl methyl sites for hydroxylation is 1. The molecule has 0 bridgehead atoms. The van der Waals surface area contributed by atoms with Gasteiger partial charge in [-0.15, -0.1) is 11.8 Å². The molecule has 1 N–H and O–H groups in total. The first kappa shape index (κ1) is 19.1. The number of benzene rings is 2. The number of halogens is 2. The van der Waals surface area contributed by atoms with Gasteiger partial charge in [0.15, 0.2) is 0 Å². The zero-order valence-electron chi connectivity index (χ0n) is 14.0. The van der Waals surface area contributed by atoms with Crippen molar-refractivity contribution < 1.29 is 14.7 Å². The van der Waals surface area contributed by atoms with Crippen LogP contribution in [0.3, 0.4) is 0 Å². The molecule has 1 aliphatic heterocycles. The topological polar surface area (TPSA) is 57.6 Å².